The predicted molar refractivity (Wildman–Crippen MR) is 84.1 cm³/mol. The van der Waals surface area contributed by atoms with Crippen LogP contribution in [0.4, 0.5) is 0 Å². The molecule has 0 bridgehead atoms. The Labute approximate surface area is 141 Å². The fourth-order valence-corrected chi connectivity index (χ4v) is 0. The molecule has 0 aliphatic rings. The molecule has 1 nitrogen and oxygen atoms in total. The smallest absolute Gasteiger partial charge is 0 e. The summed E-state index contributed by atoms with van der Waals surface area (Å²) in [5, 5.41) is 0. The van der Waals surface area contributed by atoms with Crippen molar-refractivity contribution < 1.29 is 31.1 Å². The summed E-state index contributed by atoms with van der Waals surface area (Å²) in [6.07, 6.45) is 0. The van der Waals surface area contributed by atoms with Crippen LogP contribution in [0.25, 0.3) is 0 Å². The molecule has 0 saturated carbocycles. The summed E-state index contributed by atoms with van der Waals surface area (Å²) in [5.74, 6) is 0. The van der Waals surface area contributed by atoms with Crippen LogP contribution in [0.1, 0.15) is 22.3 Å². The quantitative estimate of drug-likeness (QED) is 0.341. The average Bonchev–Trinajstić information content (AvgIpc) is 1.00. The van der Waals surface area contributed by atoms with E-state index in [-0.39, 0.29) is 107 Å². The van der Waals surface area contributed by atoms with Crippen molar-refractivity contribution in [3.8, 4) is 0 Å². The van der Waals surface area contributed by atoms with Gasteiger partial charge in [-0.3, -0.25) is 0 Å². The van der Waals surface area contributed by atoms with Gasteiger partial charge in [-0.15, -0.1) is 48.0 Å². The van der Waals surface area contributed by atoms with Gasteiger partial charge >= 0.3 is 0 Å². The van der Waals surface area contributed by atoms with Gasteiger partial charge in [-0.2, -0.15) is 0 Å². The second kappa shape index (κ2) is 92.2. The summed E-state index contributed by atoms with van der Waals surface area (Å²) in [6, 6.07) is 0. The molecular weight excluding hydrogens is 796 g/mol. The fraction of sp³-hybridized carbons (Fsp3) is 1.00. The van der Waals surface area contributed by atoms with E-state index in [9.17, 15) is 0 Å². The molecule has 3 N–H and O–H groups in total. The predicted octanol–water partition coefficient (Wildman–Crippen LogP) is 5.08. The molecule has 0 amide bonds. The van der Waals surface area contributed by atoms with Crippen molar-refractivity contribution in [2.75, 3.05) is 0 Å². The molecule has 66 valence electrons. The van der Waals surface area contributed by atoms with Crippen LogP contribution < -0.4 is 6.15 Å². The monoisotopic (exact) mass is 813 g/mol. The molecule has 0 aromatic heterocycles. The second-order valence-corrected chi connectivity index (χ2v) is 0. The van der Waals surface area contributed by atoms with E-state index in [0.717, 1.165) is 0 Å². The minimum absolute atomic E-state index is 0. The summed E-state index contributed by atoms with van der Waals surface area (Å²) in [7, 11) is 0. The Balaban J connectivity index is -0.000000000238. The molecular formula is C3H17I4NU. The van der Waals surface area contributed by atoms with E-state index >= 15 is 0 Å². The first-order chi connectivity index (χ1) is 1.00. The minimum Gasteiger partial charge on any atom is -0.344 e. The molecule has 0 aromatic carbocycles. The van der Waals surface area contributed by atoms with Gasteiger partial charge in [0.15, 0.2) is 0 Å². The maximum Gasteiger partial charge on any atom is 0 e. The Hall–Kier alpha value is 3.93. The summed E-state index contributed by atoms with van der Waals surface area (Å²) in [5.41, 5.74) is 0. The maximum atomic E-state index is 2.12. The largest absolute Gasteiger partial charge is 0.344 e. The van der Waals surface area contributed by atoms with E-state index in [4.69, 9.17) is 0 Å². The molecule has 0 aliphatic carbocycles. The first-order valence-electron chi connectivity index (χ1n) is 0.143. The third kappa shape index (κ3) is 76.1. The van der Waals surface area contributed by atoms with Gasteiger partial charge in [0.25, 0.3) is 0 Å². The molecule has 0 saturated heterocycles. The molecule has 9 heavy (non-hydrogen) atoms. The normalized spacial score (nSPS) is 0.667. The molecule has 0 heterocycles. The van der Waals surface area contributed by atoms with Gasteiger partial charge in [0, 0.05) is 68.3 Å². The van der Waals surface area contributed by atoms with E-state index < -0.39 is 0 Å². The Morgan fingerprint density at radius 1 is 0.667 bits per heavy atom. The molecule has 0 aromatic rings. The van der Waals surface area contributed by atoms with E-state index in [0.29, 0.717) is 0 Å². The van der Waals surface area contributed by atoms with Crippen LogP contribution in [-0.2, 0) is 0 Å². The fourth-order valence-electron chi connectivity index (χ4n) is 0. The van der Waals surface area contributed by atoms with Crippen molar-refractivity contribution >= 4 is 85.2 Å². The van der Waals surface area contributed by atoms with Crippen LogP contribution in [0.5, 0.6) is 0 Å². The van der Waals surface area contributed by atoms with Crippen LogP contribution in [-0.4, -0.2) is 0 Å². The Morgan fingerprint density at radius 2 is 0.667 bits per heavy atom. The molecule has 6 heteroatoms. The SMILES string of the molecule is C.C.C.I.I.II.N.[U]. The number of rotatable bonds is 0. The zero-order valence-electron chi connectivity index (χ0n) is 2.78. The third-order valence-electron chi connectivity index (χ3n) is 0. The Kier molecular flexibility index (Phi) is 776. The van der Waals surface area contributed by atoms with Crippen molar-refractivity contribution in [1.82, 2.24) is 6.15 Å². The second-order valence-electron chi connectivity index (χ2n) is 0. The number of hydrogen-bond donors (Lipinski definition) is 1. The minimum atomic E-state index is 0. The van der Waals surface area contributed by atoms with Gasteiger partial charge in [-0.05, 0) is 0 Å². The molecule has 0 spiro atoms. The average molecular weight is 813 g/mol. The summed E-state index contributed by atoms with van der Waals surface area (Å²) in [6.45, 7) is 0. The topological polar surface area (TPSA) is 35.0 Å². The van der Waals surface area contributed by atoms with E-state index in [1.807, 2.05) is 0 Å². The van der Waals surface area contributed by atoms with Crippen molar-refractivity contribution in [3.63, 3.8) is 0 Å². The van der Waals surface area contributed by atoms with Gasteiger partial charge in [0.05, 0.1) is 0 Å². The van der Waals surface area contributed by atoms with Crippen LogP contribution in [0, 0.1) is 31.1 Å². The van der Waals surface area contributed by atoms with Crippen LogP contribution in [0.3, 0.4) is 0 Å². The van der Waals surface area contributed by atoms with Crippen LogP contribution >= 0.6 is 85.2 Å². The number of halogens is 4. The molecule has 0 radical (unpaired) electrons. The van der Waals surface area contributed by atoms with Gasteiger partial charge in [0.1, 0.15) is 0 Å². The van der Waals surface area contributed by atoms with E-state index in [1.165, 1.54) is 0 Å². The first-order valence-corrected chi connectivity index (χ1v) is 6.43. The van der Waals surface area contributed by atoms with Crippen molar-refractivity contribution in [1.29, 1.82) is 0 Å². The van der Waals surface area contributed by atoms with Crippen molar-refractivity contribution in [2.24, 2.45) is 0 Å². The third-order valence-corrected chi connectivity index (χ3v) is 0. The van der Waals surface area contributed by atoms with Crippen molar-refractivity contribution in [2.45, 2.75) is 22.3 Å². The van der Waals surface area contributed by atoms with Gasteiger partial charge in [-0.25, -0.2) is 0 Å². The van der Waals surface area contributed by atoms with Gasteiger partial charge < -0.3 is 6.15 Å². The van der Waals surface area contributed by atoms with Crippen LogP contribution in [0.2, 0.25) is 0 Å². The molecule has 0 rings (SSSR count). The Morgan fingerprint density at radius 3 is 0.667 bits per heavy atom. The summed E-state index contributed by atoms with van der Waals surface area (Å²) >= 11 is 4.24. The Bertz CT molecular complexity index is 15.8. The summed E-state index contributed by atoms with van der Waals surface area (Å²) < 4.78 is 0. The summed E-state index contributed by atoms with van der Waals surface area (Å²) in [4.78, 5) is 0. The zero-order valence-corrected chi connectivity index (χ0v) is 15.9. The molecule has 0 fully saturated rings. The molecule has 0 unspecified atom stereocenters. The zero-order chi connectivity index (χ0) is 2.00. The van der Waals surface area contributed by atoms with Crippen molar-refractivity contribution in [3.05, 3.63) is 0 Å². The number of hydrogen-bond acceptors (Lipinski definition) is 1. The van der Waals surface area contributed by atoms with Crippen LogP contribution in [0.15, 0.2) is 0 Å². The standard InChI is InChI=1S/3CH4.I2.2HI.H3N.U/c;;;1-2;;;;/h3*1H4;;2*1H;1H3;. The first kappa shape index (κ1) is 75.7. The van der Waals surface area contributed by atoms with Gasteiger partial charge in [-0.1, -0.05) is 22.3 Å². The van der Waals surface area contributed by atoms with E-state index in [1.54, 1.807) is 0 Å². The molecule has 0 aliphatic heterocycles. The van der Waals surface area contributed by atoms with E-state index in [2.05, 4.69) is 37.2 Å². The van der Waals surface area contributed by atoms with Gasteiger partial charge in [0.2, 0.25) is 0 Å². The maximum absolute atomic E-state index is 2.12. The molecule has 0 atom stereocenters.